The molecule has 1 fully saturated rings. The zero-order valence-electron chi connectivity index (χ0n) is 13.5. The molecule has 1 aromatic carbocycles. The molecule has 1 saturated heterocycles. The minimum absolute atomic E-state index is 0. The summed E-state index contributed by atoms with van der Waals surface area (Å²) in [6, 6.07) is 3.69. The standard InChI is InChI=1S/C15H22ClN3O2.2ClH/c1-10(2)18-4-6-19(7-5-18)15(20)11-8-12(16)13(17)9-14(11)21-3;;/h8-10H,4-7,17H2,1-3H3;2*1H. The van der Waals surface area contributed by atoms with Crippen molar-refractivity contribution in [3.05, 3.63) is 22.7 Å². The second kappa shape index (κ2) is 9.42. The maximum atomic E-state index is 12.6. The normalized spacial score (nSPS) is 14.9. The van der Waals surface area contributed by atoms with E-state index < -0.39 is 0 Å². The van der Waals surface area contributed by atoms with Gasteiger partial charge >= 0.3 is 0 Å². The summed E-state index contributed by atoms with van der Waals surface area (Å²) in [6.45, 7) is 7.52. The van der Waals surface area contributed by atoms with Crippen LogP contribution in [0.2, 0.25) is 5.02 Å². The fourth-order valence-corrected chi connectivity index (χ4v) is 2.68. The molecule has 1 aliphatic heterocycles. The van der Waals surface area contributed by atoms with Crippen LogP contribution in [0.25, 0.3) is 0 Å². The summed E-state index contributed by atoms with van der Waals surface area (Å²) in [5, 5.41) is 0.375. The number of benzene rings is 1. The molecule has 5 nitrogen and oxygen atoms in total. The van der Waals surface area contributed by atoms with Crippen LogP contribution in [0.1, 0.15) is 24.2 Å². The van der Waals surface area contributed by atoms with Gasteiger partial charge in [0.25, 0.3) is 5.91 Å². The van der Waals surface area contributed by atoms with Crippen LogP contribution < -0.4 is 10.5 Å². The third-order valence-corrected chi connectivity index (χ3v) is 4.21. The monoisotopic (exact) mass is 383 g/mol. The molecule has 1 aromatic rings. The largest absolute Gasteiger partial charge is 0.496 e. The lowest BCUT2D eigenvalue weighted by atomic mass is 10.1. The number of hydrogen-bond donors (Lipinski definition) is 1. The highest BCUT2D eigenvalue weighted by atomic mass is 35.5. The van der Waals surface area contributed by atoms with Gasteiger partial charge in [-0.05, 0) is 19.9 Å². The second-order valence-electron chi connectivity index (χ2n) is 5.50. The Kier molecular flexibility index (Phi) is 9.06. The van der Waals surface area contributed by atoms with Crippen molar-refractivity contribution in [3.8, 4) is 5.75 Å². The van der Waals surface area contributed by atoms with Crippen LogP contribution in [-0.4, -0.2) is 55.0 Å². The van der Waals surface area contributed by atoms with E-state index in [1.807, 2.05) is 4.90 Å². The molecule has 0 radical (unpaired) electrons. The van der Waals surface area contributed by atoms with Gasteiger partial charge in [-0.25, -0.2) is 0 Å². The zero-order chi connectivity index (χ0) is 15.6. The Bertz CT molecular complexity index is 533. The number of carbonyl (C=O) groups is 1. The molecule has 1 amide bonds. The summed E-state index contributed by atoms with van der Waals surface area (Å²) in [5.41, 5.74) is 6.63. The number of rotatable bonds is 3. The molecule has 0 unspecified atom stereocenters. The van der Waals surface area contributed by atoms with E-state index in [4.69, 9.17) is 22.1 Å². The van der Waals surface area contributed by atoms with Crippen molar-refractivity contribution < 1.29 is 9.53 Å². The highest BCUT2D eigenvalue weighted by Crippen LogP contribution is 2.30. The summed E-state index contributed by atoms with van der Waals surface area (Å²) >= 11 is 6.03. The number of ether oxygens (including phenoxy) is 1. The van der Waals surface area contributed by atoms with E-state index >= 15 is 0 Å². The number of piperazine rings is 1. The molecule has 132 valence electrons. The van der Waals surface area contributed by atoms with Crippen LogP contribution in [0.15, 0.2) is 12.1 Å². The van der Waals surface area contributed by atoms with Gasteiger partial charge in [0.15, 0.2) is 0 Å². The molecule has 1 heterocycles. The lowest BCUT2D eigenvalue weighted by molar-refractivity contribution is 0.0592. The lowest BCUT2D eigenvalue weighted by Crippen LogP contribution is -2.50. The molecule has 0 aliphatic carbocycles. The van der Waals surface area contributed by atoms with Crippen LogP contribution in [-0.2, 0) is 0 Å². The predicted octanol–water partition coefficient (Wildman–Crippen LogP) is 2.94. The smallest absolute Gasteiger partial charge is 0.257 e. The van der Waals surface area contributed by atoms with Crippen LogP contribution in [0.3, 0.4) is 0 Å². The number of nitrogens with zero attached hydrogens (tertiary/aromatic N) is 2. The minimum atomic E-state index is -0.0582. The number of nitrogens with two attached hydrogens (primary N) is 1. The number of methoxy groups -OCH3 is 1. The Morgan fingerprint density at radius 2 is 1.78 bits per heavy atom. The molecular formula is C15H24Cl3N3O2. The topological polar surface area (TPSA) is 58.8 Å². The van der Waals surface area contributed by atoms with Crippen molar-refractivity contribution in [1.29, 1.82) is 0 Å². The highest BCUT2D eigenvalue weighted by molar-refractivity contribution is 6.33. The van der Waals surface area contributed by atoms with Crippen LogP contribution in [0.5, 0.6) is 5.75 Å². The van der Waals surface area contributed by atoms with Gasteiger partial charge in [-0.2, -0.15) is 0 Å². The first kappa shape index (κ1) is 22.1. The van der Waals surface area contributed by atoms with Crippen molar-refractivity contribution in [3.63, 3.8) is 0 Å². The fourth-order valence-electron chi connectivity index (χ4n) is 2.52. The third kappa shape index (κ3) is 5.05. The van der Waals surface area contributed by atoms with Gasteiger partial charge in [0, 0.05) is 38.3 Å². The third-order valence-electron chi connectivity index (χ3n) is 3.88. The quantitative estimate of drug-likeness (QED) is 0.814. The highest BCUT2D eigenvalue weighted by Gasteiger charge is 2.25. The van der Waals surface area contributed by atoms with Crippen LogP contribution in [0, 0.1) is 0 Å². The molecular weight excluding hydrogens is 361 g/mol. The van der Waals surface area contributed by atoms with Crippen molar-refractivity contribution in [2.24, 2.45) is 0 Å². The zero-order valence-corrected chi connectivity index (χ0v) is 15.9. The summed E-state index contributed by atoms with van der Waals surface area (Å²) in [5.74, 6) is 0.408. The second-order valence-corrected chi connectivity index (χ2v) is 5.90. The molecule has 0 aromatic heterocycles. The van der Waals surface area contributed by atoms with Gasteiger partial charge < -0.3 is 15.4 Å². The first-order valence-electron chi connectivity index (χ1n) is 7.10. The SMILES string of the molecule is COc1cc(N)c(Cl)cc1C(=O)N1CCN(C(C)C)CC1.Cl.Cl. The fraction of sp³-hybridized carbons (Fsp3) is 0.533. The van der Waals surface area contributed by atoms with E-state index in [1.165, 1.54) is 7.11 Å². The van der Waals surface area contributed by atoms with Gasteiger partial charge in [-0.3, -0.25) is 9.69 Å². The molecule has 0 atom stereocenters. The molecule has 0 spiro atoms. The Morgan fingerprint density at radius 1 is 1.22 bits per heavy atom. The number of anilines is 1. The Balaban J connectivity index is 0.00000242. The maximum absolute atomic E-state index is 12.6. The molecule has 8 heteroatoms. The first-order chi connectivity index (χ1) is 9.93. The summed E-state index contributed by atoms with van der Waals surface area (Å²) in [7, 11) is 1.52. The van der Waals surface area contributed by atoms with Crippen LogP contribution in [0.4, 0.5) is 5.69 Å². The van der Waals surface area contributed by atoms with E-state index in [0.717, 1.165) is 13.1 Å². The number of amides is 1. The van der Waals surface area contributed by atoms with Crippen molar-refractivity contribution in [2.45, 2.75) is 19.9 Å². The number of halogens is 3. The predicted molar refractivity (Wildman–Crippen MR) is 99.5 cm³/mol. The molecule has 2 rings (SSSR count). The molecule has 23 heavy (non-hydrogen) atoms. The van der Waals surface area contributed by atoms with Crippen molar-refractivity contribution in [2.75, 3.05) is 39.0 Å². The average molecular weight is 385 g/mol. The van der Waals surface area contributed by atoms with Gasteiger partial charge in [-0.15, -0.1) is 24.8 Å². The van der Waals surface area contributed by atoms with E-state index in [2.05, 4.69) is 18.7 Å². The van der Waals surface area contributed by atoms with Gasteiger partial charge in [0.05, 0.1) is 23.4 Å². The van der Waals surface area contributed by atoms with E-state index in [9.17, 15) is 4.79 Å². The van der Waals surface area contributed by atoms with E-state index in [-0.39, 0.29) is 30.7 Å². The van der Waals surface area contributed by atoms with Gasteiger partial charge in [0.1, 0.15) is 5.75 Å². The Labute approximate surface area is 154 Å². The van der Waals surface area contributed by atoms with Crippen molar-refractivity contribution in [1.82, 2.24) is 9.80 Å². The number of nitrogen functional groups attached to an aromatic ring is 1. The summed E-state index contributed by atoms with van der Waals surface area (Å²) in [4.78, 5) is 16.8. The molecule has 1 aliphatic rings. The summed E-state index contributed by atoms with van der Waals surface area (Å²) < 4.78 is 5.26. The van der Waals surface area contributed by atoms with Gasteiger partial charge in [-0.1, -0.05) is 11.6 Å². The minimum Gasteiger partial charge on any atom is -0.496 e. The van der Waals surface area contributed by atoms with E-state index in [0.29, 0.717) is 41.2 Å². The number of carbonyl (C=O) groups excluding carboxylic acids is 1. The van der Waals surface area contributed by atoms with Crippen LogP contribution >= 0.6 is 36.4 Å². The Morgan fingerprint density at radius 3 is 2.26 bits per heavy atom. The molecule has 2 N–H and O–H groups in total. The molecule has 0 bridgehead atoms. The van der Waals surface area contributed by atoms with Gasteiger partial charge in [0.2, 0.25) is 0 Å². The lowest BCUT2D eigenvalue weighted by Gasteiger charge is -2.37. The first-order valence-corrected chi connectivity index (χ1v) is 7.48. The van der Waals surface area contributed by atoms with Crippen molar-refractivity contribution >= 4 is 48.0 Å². The maximum Gasteiger partial charge on any atom is 0.257 e. The summed E-state index contributed by atoms with van der Waals surface area (Å²) in [6.07, 6.45) is 0. The number of hydrogen-bond acceptors (Lipinski definition) is 4. The average Bonchev–Trinajstić information content (AvgIpc) is 2.49. The van der Waals surface area contributed by atoms with E-state index in [1.54, 1.807) is 12.1 Å². The molecule has 0 saturated carbocycles. The Hall–Kier alpha value is -0.880.